The molecule has 1 rings (SSSR count). The van der Waals surface area contributed by atoms with Gasteiger partial charge in [0.25, 0.3) is 5.91 Å². The molecule has 0 unspecified atom stereocenters. The van der Waals surface area contributed by atoms with Gasteiger partial charge in [-0.3, -0.25) is 4.79 Å². The molecule has 1 aromatic carbocycles. The first kappa shape index (κ1) is 14.9. The van der Waals surface area contributed by atoms with Crippen LogP contribution in [0.1, 0.15) is 30.6 Å². The normalized spacial score (nSPS) is 10.8. The van der Waals surface area contributed by atoms with Gasteiger partial charge in [-0.05, 0) is 38.5 Å². The van der Waals surface area contributed by atoms with Crippen molar-refractivity contribution < 1.29 is 14.3 Å². The molecule has 3 nitrogen and oxygen atoms in total. The van der Waals surface area contributed by atoms with E-state index in [1.807, 2.05) is 13.8 Å². The van der Waals surface area contributed by atoms with Crippen molar-refractivity contribution in [3.63, 3.8) is 0 Å². The Morgan fingerprint density at radius 3 is 2.72 bits per heavy atom. The molecule has 0 aliphatic heterocycles. The van der Waals surface area contributed by atoms with Crippen LogP contribution in [-0.4, -0.2) is 35.1 Å². The Labute approximate surface area is 111 Å². The average molecular weight is 274 g/mol. The Balaban J connectivity index is 2.98. The van der Waals surface area contributed by atoms with Gasteiger partial charge in [0.05, 0.1) is 5.56 Å². The van der Waals surface area contributed by atoms with E-state index in [2.05, 4.69) is 0 Å². The van der Waals surface area contributed by atoms with Gasteiger partial charge < -0.3 is 10.0 Å². The zero-order valence-electron chi connectivity index (χ0n) is 10.5. The molecule has 0 aromatic heterocycles. The third-order valence-corrected chi connectivity index (χ3v) is 2.84. The molecule has 0 fully saturated rings. The number of benzene rings is 1. The van der Waals surface area contributed by atoms with Crippen LogP contribution in [0, 0.1) is 5.82 Å². The molecule has 1 amide bonds. The van der Waals surface area contributed by atoms with E-state index in [-0.39, 0.29) is 18.2 Å². The van der Waals surface area contributed by atoms with Gasteiger partial charge in [-0.15, -0.1) is 0 Å². The second-order valence-corrected chi connectivity index (χ2v) is 4.73. The maximum atomic E-state index is 13.6. The summed E-state index contributed by atoms with van der Waals surface area (Å²) in [6.45, 7) is 4.07. The zero-order valence-corrected chi connectivity index (χ0v) is 11.2. The van der Waals surface area contributed by atoms with Gasteiger partial charge >= 0.3 is 0 Å². The average Bonchev–Trinajstić information content (AvgIpc) is 2.32. The number of nitrogens with zero attached hydrogens (tertiary/aromatic N) is 1. The number of halogens is 2. The molecule has 18 heavy (non-hydrogen) atoms. The molecule has 0 aliphatic carbocycles. The van der Waals surface area contributed by atoms with Crippen LogP contribution in [-0.2, 0) is 0 Å². The standard InChI is InChI=1S/C13H17ClFNO2/c1-9(2)16(6-3-7-17)13(18)11-8-10(14)4-5-12(11)15/h4-5,8-9,17H,3,6-7H2,1-2H3. The molecule has 0 bridgehead atoms. The minimum atomic E-state index is -0.584. The SMILES string of the molecule is CC(C)N(CCCO)C(=O)c1cc(Cl)ccc1F. The Bertz CT molecular complexity index is 423. The first-order valence-electron chi connectivity index (χ1n) is 5.84. The van der Waals surface area contributed by atoms with Crippen LogP contribution in [0.3, 0.4) is 0 Å². The Morgan fingerprint density at radius 1 is 1.50 bits per heavy atom. The molecule has 0 saturated heterocycles. The fourth-order valence-electron chi connectivity index (χ4n) is 1.65. The molecular weight excluding hydrogens is 257 g/mol. The van der Waals surface area contributed by atoms with Crippen molar-refractivity contribution in [2.75, 3.05) is 13.2 Å². The van der Waals surface area contributed by atoms with Crippen molar-refractivity contribution >= 4 is 17.5 Å². The Hall–Kier alpha value is -1.13. The third kappa shape index (κ3) is 3.68. The second kappa shape index (κ2) is 6.71. The van der Waals surface area contributed by atoms with Gasteiger partial charge in [-0.2, -0.15) is 0 Å². The third-order valence-electron chi connectivity index (χ3n) is 2.60. The quantitative estimate of drug-likeness (QED) is 0.896. The first-order chi connectivity index (χ1) is 8.47. The molecule has 0 saturated carbocycles. The summed E-state index contributed by atoms with van der Waals surface area (Å²) >= 11 is 5.77. The van der Waals surface area contributed by atoms with E-state index in [0.717, 1.165) is 0 Å². The molecule has 1 aromatic rings. The summed E-state index contributed by atoms with van der Waals surface area (Å²) in [6, 6.07) is 3.84. The maximum absolute atomic E-state index is 13.6. The lowest BCUT2D eigenvalue weighted by Crippen LogP contribution is -2.38. The lowest BCUT2D eigenvalue weighted by atomic mass is 10.1. The highest BCUT2D eigenvalue weighted by Gasteiger charge is 2.21. The van der Waals surface area contributed by atoms with Crippen molar-refractivity contribution in [3.8, 4) is 0 Å². The van der Waals surface area contributed by atoms with E-state index in [4.69, 9.17) is 16.7 Å². The van der Waals surface area contributed by atoms with Crippen molar-refractivity contribution in [1.29, 1.82) is 0 Å². The van der Waals surface area contributed by atoms with Crippen LogP contribution in [0.2, 0.25) is 5.02 Å². The molecule has 0 radical (unpaired) electrons. The number of carbonyl (C=O) groups is 1. The predicted octanol–water partition coefficient (Wildman–Crippen LogP) is 2.71. The van der Waals surface area contributed by atoms with Crippen molar-refractivity contribution in [3.05, 3.63) is 34.6 Å². The molecule has 0 aliphatic rings. The fraction of sp³-hybridized carbons (Fsp3) is 0.462. The Morgan fingerprint density at radius 2 is 2.17 bits per heavy atom. The summed E-state index contributed by atoms with van der Waals surface area (Å²) < 4.78 is 13.6. The van der Waals surface area contributed by atoms with Crippen LogP contribution >= 0.6 is 11.6 Å². The molecule has 1 N–H and O–H groups in total. The maximum Gasteiger partial charge on any atom is 0.257 e. The van der Waals surface area contributed by atoms with E-state index >= 15 is 0 Å². The largest absolute Gasteiger partial charge is 0.396 e. The lowest BCUT2D eigenvalue weighted by molar-refractivity contribution is 0.0688. The fourth-order valence-corrected chi connectivity index (χ4v) is 1.82. The highest BCUT2D eigenvalue weighted by molar-refractivity contribution is 6.31. The van der Waals surface area contributed by atoms with Gasteiger partial charge in [0.2, 0.25) is 0 Å². The highest BCUT2D eigenvalue weighted by atomic mass is 35.5. The van der Waals surface area contributed by atoms with Crippen LogP contribution < -0.4 is 0 Å². The first-order valence-corrected chi connectivity index (χ1v) is 6.22. The van der Waals surface area contributed by atoms with Gasteiger partial charge in [-0.25, -0.2) is 4.39 Å². The van der Waals surface area contributed by atoms with Crippen molar-refractivity contribution in [1.82, 2.24) is 4.90 Å². The highest BCUT2D eigenvalue weighted by Crippen LogP contribution is 2.18. The van der Waals surface area contributed by atoms with Crippen LogP contribution in [0.5, 0.6) is 0 Å². The van der Waals surface area contributed by atoms with Gasteiger partial charge in [-0.1, -0.05) is 11.6 Å². The summed E-state index contributed by atoms with van der Waals surface area (Å²) in [5, 5.41) is 9.14. The van der Waals surface area contributed by atoms with E-state index in [1.165, 1.54) is 23.1 Å². The second-order valence-electron chi connectivity index (χ2n) is 4.29. The van der Waals surface area contributed by atoms with Crippen LogP contribution in [0.15, 0.2) is 18.2 Å². The summed E-state index contributed by atoms with van der Waals surface area (Å²) in [6.07, 6.45) is 0.464. The van der Waals surface area contributed by atoms with Gasteiger partial charge in [0, 0.05) is 24.2 Å². The predicted molar refractivity (Wildman–Crippen MR) is 69.3 cm³/mol. The summed E-state index contributed by atoms with van der Waals surface area (Å²) in [4.78, 5) is 13.7. The van der Waals surface area contributed by atoms with E-state index in [9.17, 15) is 9.18 Å². The number of hydrogen-bond acceptors (Lipinski definition) is 2. The smallest absolute Gasteiger partial charge is 0.257 e. The topological polar surface area (TPSA) is 40.5 Å². The van der Waals surface area contributed by atoms with Crippen LogP contribution in [0.25, 0.3) is 0 Å². The van der Waals surface area contributed by atoms with E-state index < -0.39 is 11.7 Å². The minimum Gasteiger partial charge on any atom is -0.396 e. The Kier molecular flexibility index (Phi) is 5.56. The summed E-state index contributed by atoms with van der Waals surface area (Å²) in [5.41, 5.74) is -0.0332. The minimum absolute atomic E-state index is 0.00543. The summed E-state index contributed by atoms with van der Waals surface area (Å²) in [5.74, 6) is -0.988. The number of aliphatic hydroxyl groups is 1. The van der Waals surface area contributed by atoms with Crippen LogP contribution in [0.4, 0.5) is 4.39 Å². The number of rotatable bonds is 5. The molecule has 0 spiro atoms. The van der Waals surface area contributed by atoms with Gasteiger partial charge in [0.1, 0.15) is 5.82 Å². The number of aliphatic hydroxyl groups excluding tert-OH is 1. The number of hydrogen-bond donors (Lipinski definition) is 1. The van der Waals surface area contributed by atoms with Gasteiger partial charge in [0.15, 0.2) is 0 Å². The van der Waals surface area contributed by atoms with Crippen molar-refractivity contribution in [2.45, 2.75) is 26.3 Å². The van der Waals surface area contributed by atoms with Crippen molar-refractivity contribution in [2.24, 2.45) is 0 Å². The number of amides is 1. The molecule has 0 heterocycles. The summed E-state index contributed by atoms with van der Waals surface area (Å²) in [7, 11) is 0. The lowest BCUT2D eigenvalue weighted by Gasteiger charge is -2.26. The molecule has 5 heteroatoms. The van der Waals surface area contributed by atoms with E-state index in [0.29, 0.717) is 18.0 Å². The molecule has 0 atom stereocenters. The number of carbonyl (C=O) groups excluding carboxylic acids is 1. The zero-order chi connectivity index (χ0) is 13.7. The molecular formula is C13H17ClFNO2. The molecule has 100 valence electrons. The van der Waals surface area contributed by atoms with E-state index in [1.54, 1.807) is 0 Å². The monoisotopic (exact) mass is 273 g/mol.